The van der Waals surface area contributed by atoms with Crippen molar-refractivity contribution in [1.29, 1.82) is 0 Å². The molecule has 0 radical (unpaired) electrons. The van der Waals surface area contributed by atoms with Gasteiger partial charge in [0.05, 0.1) is 51.8 Å². The lowest BCUT2D eigenvalue weighted by Gasteiger charge is -2.35. The predicted molar refractivity (Wildman–Crippen MR) is 335 cm³/mol. The largest absolute Gasteiger partial charge is 0.489 e. The van der Waals surface area contributed by atoms with E-state index in [9.17, 15) is 55.4 Å². The SMILES string of the molecule is CC1COc2ccccc2N1C(=O)C(Cl)Cl.CCNc1nc(Cl)nc(NC(C)C)n1.CCc1cccc(C)c1N(C(=O)CCl)C(C)COC.CP(=O)(O)CCC(N)C(=O)O.CS(=O)(=O)NC(=O)c1cc(Oc2ccc(C(F)(F)F)cc2Cl)ccc1[N+](=O)[O-]. The zero-order valence-electron chi connectivity index (χ0n) is 49.3. The maximum Gasteiger partial charge on any atom is 0.416 e. The highest BCUT2D eigenvalue weighted by molar-refractivity contribution is 7.89. The van der Waals surface area contributed by atoms with Crippen molar-refractivity contribution in [1.82, 2.24) is 19.7 Å². The summed E-state index contributed by atoms with van der Waals surface area (Å²) in [5.41, 5.74) is 6.68. The first-order valence-electron chi connectivity index (χ1n) is 26.2. The van der Waals surface area contributed by atoms with Crippen molar-refractivity contribution in [3.8, 4) is 17.2 Å². The number of amides is 3. The van der Waals surface area contributed by atoms with Crippen LogP contribution in [-0.2, 0) is 46.3 Å². The fourth-order valence-corrected chi connectivity index (χ4v) is 9.43. The van der Waals surface area contributed by atoms with Crippen LogP contribution in [0, 0.1) is 17.0 Å². The van der Waals surface area contributed by atoms with E-state index < -0.39 is 73.1 Å². The summed E-state index contributed by atoms with van der Waals surface area (Å²) in [7, 11) is -5.47. The van der Waals surface area contributed by atoms with Crippen LogP contribution < -0.4 is 40.4 Å². The van der Waals surface area contributed by atoms with Gasteiger partial charge in [-0.05, 0) is 114 Å². The summed E-state index contributed by atoms with van der Waals surface area (Å²) in [6.45, 7) is 16.8. The first kappa shape index (κ1) is 77.8. The number of methoxy groups -OCH3 is 1. The van der Waals surface area contributed by atoms with Gasteiger partial charge in [0, 0.05) is 44.7 Å². The first-order chi connectivity index (χ1) is 40.9. The van der Waals surface area contributed by atoms with E-state index in [0.717, 1.165) is 59.7 Å². The molecule has 0 bridgehead atoms. The number of carbonyl (C=O) groups excluding carboxylic acids is 3. The summed E-state index contributed by atoms with van der Waals surface area (Å²) < 4.78 is 88.6. The number of sulfonamides is 1. The van der Waals surface area contributed by atoms with Gasteiger partial charge >= 0.3 is 12.1 Å². The molecule has 0 aliphatic carbocycles. The Morgan fingerprint density at radius 1 is 1.00 bits per heavy atom. The summed E-state index contributed by atoms with van der Waals surface area (Å²) in [6, 6.07) is 17.6. The molecule has 5 aromatic rings. The van der Waals surface area contributed by atoms with Crippen LogP contribution in [0.2, 0.25) is 10.3 Å². The summed E-state index contributed by atoms with van der Waals surface area (Å²) in [6.07, 6.45) is -3.06. The van der Waals surface area contributed by atoms with Gasteiger partial charge in [-0.2, -0.15) is 28.1 Å². The van der Waals surface area contributed by atoms with Gasteiger partial charge in [0.15, 0.2) is 12.2 Å². The molecule has 1 aliphatic heterocycles. The van der Waals surface area contributed by atoms with E-state index in [-0.39, 0.29) is 65.2 Å². The molecule has 1 aromatic heterocycles. The third-order valence-electron chi connectivity index (χ3n) is 11.4. The lowest BCUT2D eigenvalue weighted by molar-refractivity contribution is -0.385. The predicted octanol–water partition coefficient (Wildman–Crippen LogP) is 11.0. The molecule has 88 heavy (non-hydrogen) atoms. The van der Waals surface area contributed by atoms with Gasteiger partial charge in [0.1, 0.15) is 41.3 Å². The second kappa shape index (κ2) is 36.4. The number of para-hydroxylation sites is 3. The number of hydrogen-bond donors (Lipinski definition) is 6. The third kappa shape index (κ3) is 26.4. The Morgan fingerprint density at radius 3 is 2.16 bits per heavy atom. The number of alkyl halides is 6. The normalized spacial score (nSPS) is 13.9. The number of aliphatic carboxylic acids is 1. The molecular formula is C54H69Cl5F3N10O14PS. The first-order valence-corrected chi connectivity index (χ1v) is 32.6. The number of benzene rings is 4. The number of halogens is 8. The van der Waals surface area contributed by atoms with Gasteiger partial charge in [0.2, 0.25) is 33.1 Å². The van der Waals surface area contributed by atoms with Gasteiger partial charge < -0.3 is 50.4 Å². The highest BCUT2D eigenvalue weighted by Gasteiger charge is 2.33. The number of carboxylic acids is 1. The van der Waals surface area contributed by atoms with E-state index in [1.54, 1.807) is 21.6 Å². The third-order valence-corrected chi connectivity index (χ3v) is 14.1. The van der Waals surface area contributed by atoms with E-state index in [0.29, 0.717) is 49.2 Å². The van der Waals surface area contributed by atoms with Crippen LogP contribution in [0.15, 0.2) is 78.9 Å². The molecule has 0 spiro atoms. The fraction of sp³-hybridized carbons (Fsp3) is 0.426. The summed E-state index contributed by atoms with van der Waals surface area (Å²) in [4.78, 5) is 79.4. The van der Waals surface area contributed by atoms with Crippen molar-refractivity contribution in [3.63, 3.8) is 0 Å². The molecule has 3 amide bonds. The number of carboxylic acid groups (broad SMARTS) is 1. The highest BCUT2D eigenvalue weighted by Crippen LogP contribution is 2.39. The molecule has 0 saturated carbocycles. The minimum absolute atomic E-state index is 0.0223. The van der Waals surface area contributed by atoms with Crippen LogP contribution in [0.5, 0.6) is 17.2 Å². The Balaban J connectivity index is 0.000000390. The van der Waals surface area contributed by atoms with E-state index in [4.69, 9.17) is 87.9 Å². The molecule has 34 heteroatoms. The number of rotatable bonds is 20. The van der Waals surface area contributed by atoms with Crippen molar-refractivity contribution in [2.75, 3.05) is 72.3 Å². The fourth-order valence-electron chi connectivity index (χ4n) is 7.50. The highest BCUT2D eigenvalue weighted by atomic mass is 35.5. The zero-order valence-corrected chi connectivity index (χ0v) is 54.8. The molecule has 0 saturated heterocycles. The van der Waals surface area contributed by atoms with E-state index in [2.05, 4.69) is 38.6 Å². The maximum absolute atomic E-state index is 12.7. The standard InChI is InChI=1S/C15H10ClF3N2O6S.C15H22ClNO2.C11H11Cl2NO2.C8H14ClN5.C5H12NO4P/c1-28(25,26)20-14(22)10-7-9(3-4-12(10)21(23)24)27-13-5-2-8(6-11(13)16)15(17,18)19;1-5-13-8-6-7-11(2)15(13)17(14(18)9-16)12(3)10-19-4;1-7-6-16-9-5-3-2-4-8(9)14(7)11(15)10(12)13;1-4-10-7-12-6(9)13-8(14-7)11-5(2)3;1-11(9,10)3-2-4(6)5(7)8/h2-7H,1H3,(H,20,22);6-8,12H,5,9-10H2,1-4H3;2-5,7,10H,6H2,1H3;5H,4H2,1-3H3,(H2,10,11,12,13,14);4H,2-3,6H2,1H3,(H,7,8)(H,9,10). The van der Waals surface area contributed by atoms with Crippen LogP contribution in [0.3, 0.4) is 0 Å². The molecule has 4 unspecified atom stereocenters. The Hall–Kier alpha value is -6.33. The molecule has 1 aliphatic rings. The maximum atomic E-state index is 12.7. The van der Waals surface area contributed by atoms with E-state index >= 15 is 0 Å². The number of nitrogens with zero attached hydrogens (tertiary/aromatic N) is 6. The van der Waals surface area contributed by atoms with Crippen LogP contribution in [0.25, 0.3) is 0 Å². The van der Waals surface area contributed by atoms with Crippen molar-refractivity contribution < 1.29 is 74.5 Å². The molecule has 0 fully saturated rings. The monoisotopic (exact) mass is 1380 g/mol. The number of carbonyl (C=O) groups is 4. The smallest absolute Gasteiger partial charge is 0.416 e. The van der Waals surface area contributed by atoms with Gasteiger partial charge in [-0.15, -0.1) is 11.6 Å². The average molecular weight is 1380 g/mol. The Labute approximate surface area is 532 Å². The molecular weight excluding hydrogens is 1310 g/mol. The number of ether oxygens (including phenoxy) is 3. The molecule has 7 N–H and O–H groups in total. The minimum atomic E-state index is -4.62. The summed E-state index contributed by atoms with van der Waals surface area (Å²) in [5, 5.41) is 25.2. The molecule has 6 rings (SSSR count). The van der Waals surface area contributed by atoms with Crippen LogP contribution in [-0.4, -0.2) is 143 Å². The topological polar surface area (TPSA) is 338 Å². The Bertz CT molecular complexity index is 3340. The number of nitrogens with one attached hydrogen (secondary N) is 3. The number of aryl methyl sites for hydroxylation is 2. The Kier molecular flexibility index (Phi) is 32.1. The molecule has 486 valence electrons. The molecule has 2 heterocycles. The minimum Gasteiger partial charge on any atom is -0.489 e. The van der Waals surface area contributed by atoms with Gasteiger partial charge in [-0.1, -0.05) is 72.1 Å². The van der Waals surface area contributed by atoms with Gasteiger partial charge in [0.25, 0.3) is 17.5 Å². The number of anilines is 4. The molecule has 4 aromatic carbocycles. The summed E-state index contributed by atoms with van der Waals surface area (Å²) >= 11 is 28.5. The number of nitrogens with two attached hydrogens (primary N) is 1. The zero-order chi connectivity index (χ0) is 67.0. The van der Waals surface area contributed by atoms with Crippen LogP contribution in [0.4, 0.5) is 42.1 Å². The number of nitro groups is 1. The average Bonchev–Trinajstić information content (AvgIpc) is 2.94. The number of fused-ring (bicyclic) bond motifs is 1. The summed E-state index contributed by atoms with van der Waals surface area (Å²) in [5.74, 6) is -1.57. The lowest BCUT2D eigenvalue weighted by Crippen LogP contribution is -2.47. The van der Waals surface area contributed by atoms with Crippen molar-refractivity contribution >= 4 is 128 Å². The van der Waals surface area contributed by atoms with E-state index in [1.165, 1.54) is 6.66 Å². The molecule has 4 atom stereocenters. The lowest BCUT2D eigenvalue weighted by atomic mass is 10.0. The number of hydrogen-bond acceptors (Lipinski definition) is 18. The van der Waals surface area contributed by atoms with Crippen LogP contribution in [0.1, 0.15) is 75.0 Å². The van der Waals surface area contributed by atoms with E-state index in [1.807, 2.05) is 77.9 Å². The van der Waals surface area contributed by atoms with Gasteiger partial charge in [-0.25, -0.2) is 13.1 Å². The van der Waals surface area contributed by atoms with Crippen LogP contribution >= 0.6 is 65.4 Å². The number of aromatic nitrogens is 3. The van der Waals surface area contributed by atoms with Crippen molar-refractivity contribution in [2.45, 2.75) is 96.5 Å². The Morgan fingerprint density at radius 2 is 1.64 bits per heavy atom. The second-order valence-electron chi connectivity index (χ2n) is 19.2. The second-order valence-corrected chi connectivity index (χ2v) is 25.7. The quantitative estimate of drug-likeness (QED) is 0.0182. The number of nitro benzene ring substituents is 1. The van der Waals surface area contributed by atoms with Crippen molar-refractivity contribution in [3.05, 3.63) is 122 Å². The van der Waals surface area contributed by atoms with Gasteiger partial charge in [-0.3, -0.25) is 33.9 Å². The molecule has 24 nitrogen and oxygen atoms in total. The van der Waals surface area contributed by atoms with Crippen molar-refractivity contribution in [2.24, 2.45) is 5.73 Å².